The molecule has 3 N–H and O–H groups in total. The number of nitrogens with one attached hydrogen (secondary N) is 2. The number of carbonyl (C=O) groups excluding carboxylic acids is 1. The number of amides is 1. The molecule has 0 bridgehead atoms. The Hall–Kier alpha value is -2.93. The molecule has 0 aromatic heterocycles. The Morgan fingerprint density at radius 1 is 1.03 bits per heavy atom. The highest BCUT2D eigenvalue weighted by atomic mass is 16.5. The van der Waals surface area contributed by atoms with Gasteiger partial charge in [-0.3, -0.25) is 4.79 Å². The van der Waals surface area contributed by atoms with Crippen molar-refractivity contribution in [2.24, 2.45) is 5.41 Å². The van der Waals surface area contributed by atoms with Crippen molar-refractivity contribution >= 4 is 11.6 Å². The Morgan fingerprint density at radius 2 is 1.79 bits per heavy atom. The minimum Gasteiger partial charge on any atom is -0.493 e. The summed E-state index contributed by atoms with van der Waals surface area (Å²) in [6.07, 6.45) is 1.09. The van der Waals surface area contributed by atoms with Gasteiger partial charge in [0.1, 0.15) is 0 Å². The fourth-order valence-electron chi connectivity index (χ4n) is 4.70. The molecule has 154 valence electrons. The third kappa shape index (κ3) is 2.97. The van der Waals surface area contributed by atoms with Crippen molar-refractivity contribution in [3.8, 4) is 17.2 Å². The number of ether oxygens (including phenoxy) is 3. The highest BCUT2D eigenvalue weighted by Crippen LogP contribution is 2.54. The lowest BCUT2D eigenvalue weighted by atomic mass is 9.68. The average molecular weight is 398 g/mol. The largest absolute Gasteiger partial charge is 0.493 e. The second-order valence-corrected chi connectivity index (χ2v) is 7.55. The SMILES string of the molecule is COc1ccc([C@H]2Nc3ccccc3C[C@@]23C[C@H](CO)NC3=O)c(OC)c1OC. The summed E-state index contributed by atoms with van der Waals surface area (Å²) >= 11 is 0. The quantitative estimate of drug-likeness (QED) is 0.716. The summed E-state index contributed by atoms with van der Waals surface area (Å²) in [4.78, 5) is 13.2. The van der Waals surface area contributed by atoms with Crippen molar-refractivity contribution in [1.29, 1.82) is 0 Å². The molecule has 29 heavy (non-hydrogen) atoms. The Kier molecular flexibility index (Phi) is 5.00. The summed E-state index contributed by atoms with van der Waals surface area (Å²) < 4.78 is 16.7. The molecule has 1 saturated heterocycles. The number of methoxy groups -OCH3 is 3. The first-order valence-corrected chi connectivity index (χ1v) is 9.63. The Labute approximate surface area is 170 Å². The van der Waals surface area contributed by atoms with Crippen molar-refractivity contribution in [3.63, 3.8) is 0 Å². The fraction of sp³-hybridized carbons (Fsp3) is 0.409. The van der Waals surface area contributed by atoms with Crippen molar-refractivity contribution in [2.45, 2.75) is 24.9 Å². The van der Waals surface area contributed by atoms with Crippen molar-refractivity contribution in [2.75, 3.05) is 33.3 Å². The minimum absolute atomic E-state index is 0.0691. The number of benzene rings is 2. The molecule has 0 radical (unpaired) electrons. The molecule has 1 fully saturated rings. The molecular formula is C22H26N2O5. The number of aliphatic hydroxyl groups excluding tert-OH is 1. The van der Waals surface area contributed by atoms with Crippen LogP contribution in [0.4, 0.5) is 5.69 Å². The van der Waals surface area contributed by atoms with Crippen LogP contribution in [0.3, 0.4) is 0 Å². The molecule has 2 heterocycles. The maximum atomic E-state index is 13.2. The maximum absolute atomic E-state index is 13.2. The zero-order valence-corrected chi connectivity index (χ0v) is 16.8. The van der Waals surface area contributed by atoms with Gasteiger partial charge in [-0.05, 0) is 36.6 Å². The van der Waals surface area contributed by atoms with Crippen LogP contribution in [0.25, 0.3) is 0 Å². The van der Waals surface area contributed by atoms with Gasteiger partial charge in [0.15, 0.2) is 11.5 Å². The van der Waals surface area contributed by atoms with E-state index < -0.39 is 5.41 Å². The molecule has 0 aliphatic carbocycles. The second kappa shape index (κ2) is 7.48. The predicted octanol–water partition coefficient (Wildman–Crippen LogP) is 2.29. The number of hydrogen-bond donors (Lipinski definition) is 3. The van der Waals surface area contributed by atoms with Gasteiger partial charge in [0.2, 0.25) is 11.7 Å². The van der Waals surface area contributed by atoms with Crippen LogP contribution < -0.4 is 24.8 Å². The molecule has 0 unspecified atom stereocenters. The van der Waals surface area contributed by atoms with Crippen LogP contribution in [0.5, 0.6) is 17.2 Å². The summed E-state index contributed by atoms with van der Waals surface area (Å²) in [6.45, 7) is -0.0923. The predicted molar refractivity (Wildman–Crippen MR) is 109 cm³/mol. The zero-order chi connectivity index (χ0) is 20.6. The van der Waals surface area contributed by atoms with Crippen molar-refractivity contribution in [1.82, 2.24) is 5.32 Å². The number of hydrogen-bond acceptors (Lipinski definition) is 6. The summed E-state index contributed by atoms with van der Waals surface area (Å²) in [5.41, 5.74) is 2.12. The molecular weight excluding hydrogens is 372 g/mol. The van der Waals surface area contributed by atoms with Gasteiger partial charge in [-0.15, -0.1) is 0 Å². The van der Waals surface area contributed by atoms with Crippen LogP contribution in [0, 0.1) is 5.41 Å². The number of aliphatic hydroxyl groups is 1. The van der Waals surface area contributed by atoms with E-state index in [1.165, 1.54) is 0 Å². The van der Waals surface area contributed by atoms with Gasteiger partial charge in [0.25, 0.3) is 0 Å². The lowest BCUT2D eigenvalue weighted by Crippen LogP contribution is -2.45. The third-order valence-electron chi connectivity index (χ3n) is 6.04. The van der Waals surface area contributed by atoms with Gasteiger partial charge < -0.3 is 30.0 Å². The summed E-state index contributed by atoms with van der Waals surface area (Å²) in [6, 6.07) is 11.1. The molecule has 2 aliphatic heterocycles. The minimum atomic E-state index is -0.755. The summed E-state index contributed by atoms with van der Waals surface area (Å²) in [5.74, 6) is 1.51. The van der Waals surface area contributed by atoms with Crippen LogP contribution in [0.15, 0.2) is 36.4 Å². The van der Waals surface area contributed by atoms with E-state index in [4.69, 9.17) is 14.2 Å². The topological polar surface area (TPSA) is 89.1 Å². The Morgan fingerprint density at radius 3 is 2.45 bits per heavy atom. The van der Waals surface area contributed by atoms with E-state index in [1.54, 1.807) is 21.3 Å². The Balaban J connectivity index is 1.90. The van der Waals surface area contributed by atoms with E-state index in [-0.39, 0.29) is 24.6 Å². The molecule has 7 heteroatoms. The van der Waals surface area contributed by atoms with Gasteiger partial charge >= 0.3 is 0 Å². The smallest absolute Gasteiger partial charge is 0.229 e. The first-order valence-electron chi connectivity index (χ1n) is 9.63. The number of rotatable bonds is 5. The maximum Gasteiger partial charge on any atom is 0.229 e. The van der Waals surface area contributed by atoms with Gasteiger partial charge in [-0.1, -0.05) is 18.2 Å². The second-order valence-electron chi connectivity index (χ2n) is 7.55. The highest BCUT2D eigenvalue weighted by molar-refractivity contribution is 5.89. The summed E-state index contributed by atoms with van der Waals surface area (Å²) in [7, 11) is 4.72. The molecule has 0 saturated carbocycles. The van der Waals surface area contributed by atoms with Crippen LogP contribution in [-0.4, -0.2) is 45.0 Å². The molecule has 1 spiro atoms. The number of fused-ring (bicyclic) bond motifs is 1. The molecule has 2 aromatic carbocycles. The van der Waals surface area contributed by atoms with E-state index in [2.05, 4.69) is 10.6 Å². The molecule has 1 amide bonds. The van der Waals surface area contributed by atoms with Crippen LogP contribution in [-0.2, 0) is 11.2 Å². The van der Waals surface area contributed by atoms with Gasteiger partial charge in [-0.2, -0.15) is 0 Å². The highest BCUT2D eigenvalue weighted by Gasteiger charge is 2.55. The van der Waals surface area contributed by atoms with E-state index in [1.807, 2.05) is 36.4 Å². The standard InChI is InChI=1S/C22H26N2O5/c1-27-17-9-8-15(18(28-2)19(17)29-3)20-22(11-14(12-25)23-21(22)26)10-13-6-4-5-7-16(13)24-20/h4-9,14,20,24-25H,10-12H2,1-3H3,(H,23,26)/t14-,20-,22-/m1/s1. The van der Waals surface area contributed by atoms with Gasteiger partial charge in [-0.25, -0.2) is 0 Å². The summed E-state index contributed by atoms with van der Waals surface area (Å²) in [5, 5.41) is 16.2. The number of anilines is 1. The fourth-order valence-corrected chi connectivity index (χ4v) is 4.70. The monoisotopic (exact) mass is 398 g/mol. The lowest BCUT2D eigenvalue weighted by Gasteiger charge is -2.42. The number of carbonyl (C=O) groups is 1. The number of para-hydroxylation sites is 1. The van der Waals surface area contributed by atoms with Crippen molar-refractivity contribution in [3.05, 3.63) is 47.5 Å². The molecule has 2 aliphatic rings. The van der Waals surface area contributed by atoms with Crippen LogP contribution >= 0.6 is 0 Å². The molecule has 3 atom stereocenters. The van der Waals surface area contributed by atoms with Gasteiger partial charge in [0.05, 0.1) is 45.4 Å². The van der Waals surface area contributed by atoms with E-state index in [0.717, 1.165) is 16.8 Å². The molecule has 4 rings (SSSR count). The van der Waals surface area contributed by atoms with Crippen LogP contribution in [0.2, 0.25) is 0 Å². The molecule has 2 aromatic rings. The first-order chi connectivity index (χ1) is 14.1. The van der Waals surface area contributed by atoms with Crippen LogP contribution in [0.1, 0.15) is 23.6 Å². The molecule has 7 nitrogen and oxygen atoms in total. The van der Waals surface area contributed by atoms with Gasteiger partial charge in [0, 0.05) is 11.3 Å². The third-order valence-corrected chi connectivity index (χ3v) is 6.04. The Bertz CT molecular complexity index is 931. The zero-order valence-electron chi connectivity index (χ0n) is 16.8. The van der Waals surface area contributed by atoms with E-state index in [0.29, 0.717) is 30.1 Å². The van der Waals surface area contributed by atoms with E-state index >= 15 is 0 Å². The van der Waals surface area contributed by atoms with Crippen molar-refractivity contribution < 1.29 is 24.1 Å². The first kappa shape index (κ1) is 19.4. The normalized spacial score (nSPS) is 25.2. The van der Waals surface area contributed by atoms with E-state index in [9.17, 15) is 9.90 Å². The lowest BCUT2D eigenvalue weighted by molar-refractivity contribution is -0.128. The average Bonchev–Trinajstić information content (AvgIpc) is 3.07.